The quantitative estimate of drug-likeness (QED) is 0.442. The lowest BCUT2D eigenvalue weighted by Gasteiger charge is -2.30. The zero-order valence-electron chi connectivity index (χ0n) is 17.5. The number of hydrogen-bond donors (Lipinski definition) is 1. The molecule has 0 aliphatic carbocycles. The molecule has 0 aromatic carbocycles. The zero-order chi connectivity index (χ0) is 20.1. The van der Waals surface area contributed by atoms with E-state index in [2.05, 4.69) is 51.5 Å². The number of alkyl carbamates (subject to hydrolysis) is 1. The number of esters is 1. The van der Waals surface area contributed by atoms with Crippen LogP contribution in [0.25, 0.3) is 0 Å². The van der Waals surface area contributed by atoms with Crippen molar-refractivity contribution in [2.24, 2.45) is 5.41 Å². The molecule has 0 spiro atoms. The maximum atomic E-state index is 12.2. The van der Waals surface area contributed by atoms with Crippen LogP contribution in [-0.2, 0) is 14.3 Å². The SMILES string of the molecule is CCOC(=O)C(C=C=C(C(C)(C)C)[Si](C)(C)C)NC(=O)OC(C)(C)C. The molecule has 0 bridgehead atoms. The highest BCUT2D eigenvalue weighted by molar-refractivity contribution is 6.83. The van der Waals surface area contributed by atoms with Gasteiger partial charge in [-0.25, -0.2) is 9.59 Å². The fourth-order valence-electron chi connectivity index (χ4n) is 2.56. The fraction of sp³-hybridized carbons (Fsp3) is 0.737. The molecule has 6 heteroatoms. The molecule has 1 amide bonds. The van der Waals surface area contributed by atoms with Crippen LogP contribution in [0.5, 0.6) is 0 Å². The van der Waals surface area contributed by atoms with Gasteiger partial charge in [-0.3, -0.25) is 0 Å². The van der Waals surface area contributed by atoms with E-state index >= 15 is 0 Å². The molecule has 0 aliphatic rings. The highest BCUT2D eigenvalue weighted by atomic mass is 28.3. The molecule has 1 N–H and O–H groups in total. The Morgan fingerprint density at radius 3 is 2.00 bits per heavy atom. The predicted octanol–water partition coefficient (Wildman–Crippen LogP) is 4.45. The monoisotopic (exact) mass is 369 g/mol. The van der Waals surface area contributed by atoms with Crippen molar-refractivity contribution >= 4 is 20.1 Å². The Labute approximate surface area is 153 Å². The molecule has 144 valence electrons. The zero-order valence-corrected chi connectivity index (χ0v) is 18.5. The van der Waals surface area contributed by atoms with E-state index in [1.807, 2.05) is 0 Å². The van der Waals surface area contributed by atoms with Crippen molar-refractivity contribution in [3.63, 3.8) is 0 Å². The molecule has 0 saturated heterocycles. The van der Waals surface area contributed by atoms with Crippen LogP contribution in [0.1, 0.15) is 48.5 Å². The summed E-state index contributed by atoms with van der Waals surface area (Å²) in [5.74, 6) is -0.523. The van der Waals surface area contributed by atoms with Gasteiger partial charge < -0.3 is 14.8 Å². The molecule has 1 atom stereocenters. The lowest BCUT2D eigenvalue weighted by molar-refractivity contribution is -0.144. The summed E-state index contributed by atoms with van der Waals surface area (Å²) in [6, 6.07) is -0.927. The third-order valence-electron chi connectivity index (χ3n) is 3.11. The molecule has 0 aliphatic heterocycles. The highest BCUT2D eigenvalue weighted by Crippen LogP contribution is 2.32. The lowest BCUT2D eigenvalue weighted by atomic mass is 9.96. The maximum absolute atomic E-state index is 12.2. The van der Waals surface area contributed by atoms with Crippen LogP contribution in [0.3, 0.4) is 0 Å². The number of rotatable bonds is 5. The normalized spacial score (nSPS) is 13.4. The molecular formula is C19H35NO4Si. The first kappa shape index (κ1) is 23.5. The van der Waals surface area contributed by atoms with Crippen molar-refractivity contribution in [2.45, 2.75) is 79.8 Å². The number of hydrogen-bond acceptors (Lipinski definition) is 4. The van der Waals surface area contributed by atoms with E-state index < -0.39 is 31.8 Å². The van der Waals surface area contributed by atoms with Gasteiger partial charge in [-0.05, 0) is 44.4 Å². The molecule has 1 unspecified atom stereocenters. The number of ether oxygens (including phenoxy) is 2. The predicted molar refractivity (Wildman–Crippen MR) is 104 cm³/mol. The lowest BCUT2D eigenvalue weighted by Crippen LogP contribution is -2.43. The van der Waals surface area contributed by atoms with Gasteiger partial charge in [0.15, 0.2) is 6.04 Å². The van der Waals surface area contributed by atoms with E-state index in [0.29, 0.717) is 0 Å². The Bertz CT molecular complexity index is 525. The van der Waals surface area contributed by atoms with Crippen molar-refractivity contribution in [3.05, 3.63) is 17.0 Å². The summed E-state index contributed by atoms with van der Waals surface area (Å²) in [4.78, 5) is 24.2. The van der Waals surface area contributed by atoms with Crippen LogP contribution in [0.15, 0.2) is 17.0 Å². The molecular weight excluding hydrogens is 334 g/mol. The fourth-order valence-corrected chi connectivity index (χ4v) is 5.33. The van der Waals surface area contributed by atoms with Crippen molar-refractivity contribution in [1.29, 1.82) is 0 Å². The van der Waals surface area contributed by atoms with Gasteiger partial charge in [-0.1, -0.05) is 40.4 Å². The third kappa shape index (κ3) is 9.51. The van der Waals surface area contributed by atoms with Gasteiger partial charge in [0.1, 0.15) is 5.60 Å². The summed E-state index contributed by atoms with van der Waals surface area (Å²) in [5, 5.41) is 3.75. The number of carbonyl (C=O) groups is 2. The molecule has 0 heterocycles. The first-order chi connectivity index (χ1) is 11.1. The summed E-state index contributed by atoms with van der Waals surface area (Å²) in [6.45, 7) is 20.3. The van der Waals surface area contributed by atoms with Crippen molar-refractivity contribution in [3.8, 4) is 0 Å². The Morgan fingerprint density at radius 1 is 1.12 bits per heavy atom. The van der Waals surface area contributed by atoms with Crippen LogP contribution < -0.4 is 5.32 Å². The Balaban J connectivity index is 5.73. The Hall–Kier alpha value is -1.52. The maximum Gasteiger partial charge on any atom is 0.408 e. The van der Waals surface area contributed by atoms with Crippen LogP contribution in [0.2, 0.25) is 19.6 Å². The van der Waals surface area contributed by atoms with Gasteiger partial charge >= 0.3 is 12.1 Å². The van der Waals surface area contributed by atoms with E-state index in [9.17, 15) is 9.59 Å². The topological polar surface area (TPSA) is 64.6 Å². The summed E-state index contributed by atoms with van der Waals surface area (Å²) in [7, 11) is -1.64. The average Bonchev–Trinajstić information content (AvgIpc) is 2.32. The summed E-state index contributed by atoms with van der Waals surface area (Å²) in [5.41, 5.74) is 2.59. The summed E-state index contributed by atoms with van der Waals surface area (Å²) >= 11 is 0. The van der Waals surface area contributed by atoms with Crippen LogP contribution in [0, 0.1) is 5.41 Å². The summed E-state index contributed by atoms with van der Waals surface area (Å²) < 4.78 is 10.3. The van der Waals surface area contributed by atoms with Gasteiger partial charge in [-0.15, -0.1) is 5.73 Å². The minimum Gasteiger partial charge on any atom is -0.464 e. The smallest absolute Gasteiger partial charge is 0.408 e. The molecule has 0 aromatic heterocycles. The second kappa shape index (κ2) is 8.72. The van der Waals surface area contributed by atoms with Crippen LogP contribution in [-0.4, -0.2) is 38.4 Å². The van der Waals surface area contributed by atoms with E-state index in [1.54, 1.807) is 33.8 Å². The largest absolute Gasteiger partial charge is 0.464 e. The minimum atomic E-state index is -1.64. The number of nitrogens with one attached hydrogen (secondary N) is 1. The second-order valence-corrected chi connectivity index (χ2v) is 14.1. The Kier molecular flexibility index (Phi) is 8.19. The van der Waals surface area contributed by atoms with Gasteiger partial charge in [0.25, 0.3) is 0 Å². The van der Waals surface area contributed by atoms with Gasteiger partial charge in [0, 0.05) is 0 Å². The molecule has 25 heavy (non-hydrogen) atoms. The average molecular weight is 370 g/mol. The molecule has 0 fully saturated rings. The first-order valence-corrected chi connectivity index (χ1v) is 12.2. The second-order valence-electron chi connectivity index (χ2n) is 9.06. The molecule has 0 saturated carbocycles. The first-order valence-electron chi connectivity index (χ1n) is 8.72. The molecule has 0 radical (unpaired) electrons. The number of carbonyl (C=O) groups excluding carboxylic acids is 2. The van der Waals surface area contributed by atoms with Crippen molar-refractivity contribution < 1.29 is 19.1 Å². The van der Waals surface area contributed by atoms with Gasteiger partial charge in [0.05, 0.1) is 14.7 Å². The minimum absolute atomic E-state index is 0.0634. The summed E-state index contributed by atoms with van der Waals surface area (Å²) in [6.07, 6.45) is 0.926. The van der Waals surface area contributed by atoms with E-state index in [0.717, 1.165) is 0 Å². The van der Waals surface area contributed by atoms with Crippen LogP contribution in [0.4, 0.5) is 4.79 Å². The van der Waals surface area contributed by atoms with E-state index in [1.165, 1.54) is 5.20 Å². The third-order valence-corrected chi connectivity index (χ3v) is 5.50. The Morgan fingerprint density at radius 2 is 1.64 bits per heavy atom. The van der Waals surface area contributed by atoms with E-state index in [-0.39, 0.29) is 12.0 Å². The van der Waals surface area contributed by atoms with Gasteiger partial charge in [-0.2, -0.15) is 0 Å². The van der Waals surface area contributed by atoms with Gasteiger partial charge in [0.2, 0.25) is 0 Å². The van der Waals surface area contributed by atoms with Crippen molar-refractivity contribution in [1.82, 2.24) is 5.32 Å². The molecule has 0 rings (SSSR count). The van der Waals surface area contributed by atoms with E-state index in [4.69, 9.17) is 9.47 Å². The van der Waals surface area contributed by atoms with Crippen LogP contribution >= 0.6 is 0 Å². The van der Waals surface area contributed by atoms with Crippen molar-refractivity contribution in [2.75, 3.05) is 6.61 Å². The molecule has 0 aromatic rings. The highest BCUT2D eigenvalue weighted by Gasteiger charge is 2.30. The molecule has 5 nitrogen and oxygen atoms in total. The standard InChI is InChI=1S/C19H35NO4Si/c1-11-23-16(21)14(20-17(22)24-19(5,6)7)12-13-15(18(2,3)4)25(8,9)10/h12,14H,11H2,1-10H3,(H,20,22). The number of amides is 1.